The van der Waals surface area contributed by atoms with Gasteiger partial charge in [0.1, 0.15) is 23.9 Å². The van der Waals surface area contributed by atoms with E-state index < -0.39 is 6.04 Å². The van der Waals surface area contributed by atoms with Gasteiger partial charge in [-0.15, -0.1) is 0 Å². The normalized spacial score (nSPS) is 15.3. The second-order valence-corrected chi connectivity index (χ2v) is 7.03. The average molecular weight is 405 g/mol. The molecule has 2 N–H and O–H groups in total. The van der Waals surface area contributed by atoms with Crippen LogP contribution in [-0.2, 0) is 4.79 Å². The number of anilines is 2. The Balaban J connectivity index is 1.83. The second kappa shape index (κ2) is 7.90. The minimum Gasteiger partial charge on any atom is -0.497 e. The Hall–Kier alpha value is -3.81. The maximum absolute atomic E-state index is 13.4. The van der Waals surface area contributed by atoms with Gasteiger partial charge in [-0.05, 0) is 49.7 Å². The van der Waals surface area contributed by atoms with E-state index in [2.05, 4.69) is 20.7 Å². The van der Waals surface area contributed by atoms with Gasteiger partial charge in [0.25, 0.3) is 5.91 Å². The molecule has 154 valence electrons. The van der Waals surface area contributed by atoms with Crippen molar-refractivity contribution >= 4 is 17.5 Å². The quantitative estimate of drug-likeness (QED) is 0.675. The molecule has 1 aromatic heterocycles. The Morgan fingerprint density at radius 2 is 1.97 bits per heavy atom. The molecule has 1 amide bonds. The lowest BCUT2D eigenvalue weighted by Gasteiger charge is -2.29. The number of aromatic nitrogens is 3. The third kappa shape index (κ3) is 3.47. The Bertz CT molecular complexity index is 1140. The fourth-order valence-electron chi connectivity index (χ4n) is 3.65. The van der Waals surface area contributed by atoms with Crippen LogP contribution >= 0.6 is 0 Å². The predicted octanol–water partition coefficient (Wildman–Crippen LogP) is 3.53. The van der Waals surface area contributed by atoms with E-state index >= 15 is 0 Å². The lowest BCUT2D eigenvalue weighted by atomic mass is 9.94. The van der Waals surface area contributed by atoms with Crippen molar-refractivity contribution in [3.05, 3.63) is 71.2 Å². The van der Waals surface area contributed by atoms with Crippen LogP contribution in [0, 0.1) is 6.92 Å². The molecule has 0 radical (unpaired) electrons. The number of aryl methyl sites for hydroxylation is 1. The van der Waals surface area contributed by atoms with Crippen LogP contribution < -0.4 is 20.1 Å². The number of hydrogen-bond donors (Lipinski definition) is 2. The van der Waals surface area contributed by atoms with Crippen molar-refractivity contribution in [3.8, 4) is 11.5 Å². The van der Waals surface area contributed by atoms with E-state index in [4.69, 9.17) is 9.47 Å². The Kier molecular flexibility index (Phi) is 5.14. The van der Waals surface area contributed by atoms with Gasteiger partial charge in [0, 0.05) is 16.9 Å². The van der Waals surface area contributed by atoms with Gasteiger partial charge in [0.2, 0.25) is 5.95 Å². The van der Waals surface area contributed by atoms with E-state index in [1.807, 2.05) is 56.3 Å². The summed E-state index contributed by atoms with van der Waals surface area (Å²) < 4.78 is 12.7. The number of carbonyl (C=O) groups is 1. The van der Waals surface area contributed by atoms with Crippen LogP contribution in [0.15, 0.2) is 60.1 Å². The number of carbonyl (C=O) groups excluding carboxylic acids is 1. The first-order valence-corrected chi connectivity index (χ1v) is 9.49. The van der Waals surface area contributed by atoms with Gasteiger partial charge in [0.15, 0.2) is 0 Å². The molecular formula is C22H23N5O3. The molecular weight excluding hydrogens is 382 g/mol. The second-order valence-electron chi connectivity index (χ2n) is 7.03. The summed E-state index contributed by atoms with van der Waals surface area (Å²) >= 11 is 0. The lowest BCUT2D eigenvalue weighted by Crippen LogP contribution is -2.31. The number of rotatable bonds is 5. The summed E-state index contributed by atoms with van der Waals surface area (Å²) in [7, 11) is 3.19. The van der Waals surface area contributed by atoms with Gasteiger partial charge in [0.05, 0.1) is 19.8 Å². The largest absolute Gasteiger partial charge is 0.497 e. The highest BCUT2D eigenvalue weighted by molar-refractivity contribution is 6.06. The lowest BCUT2D eigenvalue weighted by molar-refractivity contribution is -0.113. The van der Waals surface area contributed by atoms with Gasteiger partial charge in [-0.2, -0.15) is 10.1 Å². The zero-order valence-electron chi connectivity index (χ0n) is 17.3. The van der Waals surface area contributed by atoms with Crippen LogP contribution in [0.1, 0.15) is 24.1 Å². The summed E-state index contributed by atoms with van der Waals surface area (Å²) in [6.45, 7) is 3.83. The first kappa shape index (κ1) is 19.5. The van der Waals surface area contributed by atoms with Crippen LogP contribution in [-0.4, -0.2) is 34.9 Å². The maximum Gasteiger partial charge on any atom is 0.255 e. The Morgan fingerprint density at radius 1 is 1.13 bits per heavy atom. The molecule has 8 heteroatoms. The highest BCUT2D eigenvalue weighted by atomic mass is 16.5. The predicted molar refractivity (Wildman–Crippen MR) is 114 cm³/mol. The summed E-state index contributed by atoms with van der Waals surface area (Å²) in [6.07, 6.45) is 1.46. The fraction of sp³-hybridized carbons (Fsp3) is 0.227. The number of benzene rings is 2. The number of allylic oxidation sites excluding steroid dienone is 1. The first-order chi connectivity index (χ1) is 14.5. The monoisotopic (exact) mass is 405 g/mol. The first-order valence-electron chi connectivity index (χ1n) is 9.49. The summed E-state index contributed by atoms with van der Waals surface area (Å²) in [6, 6.07) is 12.6. The van der Waals surface area contributed by atoms with Gasteiger partial charge >= 0.3 is 0 Å². The Morgan fingerprint density at radius 3 is 2.70 bits per heavy atom. The van der Waals surface area contributed by atoms with Crippen molar-refractivity contribution in [2.45, 2.75) is 19.9 Å². The number of nitrogens with one attached hydrogen (secondary N) is 2. The highest BCUT2D eigenvalue weighted by Crippen LogP contribution is 2.40. The molecule has 1 aliphatic rings. The van der Waals surface area contributed by atoms with Crippen molar-refractivity contribution in [1.29, 1.82) is 0 Å². The highest BCUT2D eigenvalue weighted by Gasteiger charge is 2.35. The molecule has 0 fully saturated rings. The minimum atomic E-state index is -0.543. The van der Waals surface area contributed by atoms with E-state index in [-0.39, 0.29) is 5.91 Å². The summed E-state index contributed by atoms with van der Waals surface area (Å²) in [5.74, 6) is 1.59. The third-order valence-electron chi connectivity index (χ3n) is 5.05. The Labute approximate surface area is 174 Å². The number of methoxy groups -OCH3 is 2. The zero-order valence-corrected chi connectivity index (χ0v) is 17.3. The van der Waals surface area contributed by atoms with Crippen LogP contribution in [0.5, 0.6) is 11.5 Å². The SMILES string of the molecule is COc1ccc(OC)c(C2C(C(=O)Nc3cccc(C)c3)=C(C)Nc3ncnn32)c1. The molecule has 2 aromatic carbocycles. The van der Waals surface area contributed by atoms with E-state index in [0.29, 0.717) is 28.7 Å². The topological polar surface area (TPSA) is 90.3 Å². The van der Waals surface area contributed by atoms with Gasteiger partial charge in [-0.1, -0.05) is 12.1 Å². The number of fused-ring (bicyclic) bond motifs is 1. The molecule has 30 heavy (non-hydrogen) atoms. The molecule has 1 unspecified atom stereocenters. The minimum absolute atomic E-state index is 0.235. The van der Waals surface area contributed by atoms with Crippen molar-refractivity contribution in [2.75, 3.05) is 24.9 Å². The smallest absolute Gasteiger partial charge is 0.255 e. The van der Waals surface area contributed by atoms with E-state index in [9.17, 15) is 4.79 Å². The molecule has 8 nitrogen and oxygen atoms in total. The molecule has 0 saturated heterocycles. The molecule has 3 aromatic rings. The van der Waals surface area contributed by atoms with Crippen LogP contribution in [0.2, 0.25) is 0 Å². The van der Waals surface area contributed by atoms with E-state index in [1.165, 1.54) is 6.33 Å². The van der Waals surface area contributed by atoms with Crippen LogP contribution in [0.25, 0.3) is 0 Å². The van der Waals surface area contributed by atoms with Crippen LogP contribution in [0.4, 0.5) is 11.6 Å². The van der Waals surface area contributed by atoms with Crippen LogP contribution in [0.3, 0.4) is 0 Å². The van der Waals surface area contributed by atoms with Gasteiger partial charge in [-0.25, -0.2) is 4.68 Å². The van der Waals surface area contributed by atoms with Crippen molar-refractivity contribution < 1.29 is 14.3 Å². The molecule has 0 saturated carbocycles. The standard InChI is InChI=1S/C22H23N5O3/c1-13-6-5-7-15(10-13)26-21(28)19-14(2)25-22-23-12-24-27(22)20(19)17-11-16(29-3)8-9-18(17)30-4/h5-12,20H,1-4H3,(H,26,28)(H,23,24,25). The number of nitrogens with zero attached hydrogens (tertiary/aromatic N) is 3. The molecule has 2 heterocycles. The molecule has 0 aliphatic carbocycles. The summed E-state index contributed by atoms with van der Waals surface area (Å²) in [5, 5.41) is 10.5. The van der Waals surface area contributed by atoms with Crippen molar-refractivity contribution in [1.82, 2.24) is 14.8 Å². The summed E-state index contributed by atoms with van der Waals surface area (Å²) in [5.41, 5.74) is 3.74. The van der Waals surface area contributed by atoms with Crippen molar-refractivity contribution in [2.24, 2.45) is 0 Å². The molecule has 4 rings (SSSR count). The molecule has 0 bridgehead atoms. The third-order valence-corrected chi connectivity index (χ3v) is 5.05. The van der Waals surface area contributed by atoms with Crippen molar-refractivity contribution in [3.63, 3.8) is 0 Å². The summed E-state index contributed by atoms with van der Waals surface area (Å²) in [4.78, 5) is 17.7. The molecule has 0 spiro atoms. The van der Waals surface area contributed by atoms with Gasteiger partial charge in [-0.3, -0.25) is 4.79 Å². The zero-order chi connectivity index (χ0) is 21.3. The van der Waals surface area contributed by atoms with E-state index in [1.54, 1.807) is 18.9 Å². The number of hydrogen-bond acceptors (Lipinski definition) is 6. The van der Waals surface area contributed by atoms with E-state index in [0.717, 1.165) is 16.8 Å². The molecule has 1 atom stereocenters. The van der Waals surface area contributed by atoms with Gasteiger partial charge < -0.3 is 20.1 Å². The number of ether oxygens (including phenoxy) is 2. The number of amides is 1. The fourth-order valence-corrected chi connectivity index (χ4v) is 3.65. The maximum atomic E-state index is 13.4. The molecule has 1 aliphatic heterocycles. The average Bonchev–Trinajstić information content (AvgIpc) is 3.20.